The fraction of sp³-hybridized carbons (Fsp3) is 0.118. The Kier molecular flexibility index (Phi) is 3.60. The van der Waals surface area contributed by atoms with Crippen LogP contribution in [-0.4, -0.2) is 21.1 Å². The molecule has 0 bridgehead atoms. The van der Waals surface area contributed by atoms with Gasteiger partial charge in [0, 0.05) is 24.2 Å². The molecule has 4 nitrogen and oxygen atoms in total. The second-order valence-electron chi connectivity index (χ2n) is 4.97. The van der Waals surface area contributed by atoms with Crippen molar-refractivity contribution in [2.45, 2.75) is 13.5 Å². The summed E-state index contributed by atoms with van der Waals surface area (Å²) in [7, 11) is 0. The minimum atomic E-state index is 0.591. The molecule has 0 saturated heterocycles. The van der Waals surface area contributed by atoms with E-state index in [2.05, 4.69) is 41.3 Å². The molecule has 4 heteroatoms. The molecule has 0 atom stereocenters. The van der Waals surface area contributed by atoms with Crippen LogP contribution < -0.4 is 0 Å². The summed E-state index contributed by atoms with van der Waals surface area (Å²) in [5.41, 5.74) is 4.56. The van der Waals surface area contributed by atoms with Gasteiger partial charge in [0.2, 0.25) is 0 Å². The van der Waals surface area contributed by atoms with E-state index in [1.807, 2.05) is 12.1 Å². The number of hydrogen-bond donors (Lipinski definition) is 0. The highest BCUT2D eigenvalue weighted by Crippen LogP contribution is 2.20. The summed E-state index contributed by atoms with van der Waals surface area (Å²) in [5, 5.41) is 4.53. The molecule has 0 N–H and O–H groups in total. The Morgan fingerprint density at radius 1 is 1.10 bits per heavy atom. The van der Waals surface area contributed by atoms with Gasteiger partial charge >= 0.3 is 0 Å². The third-order valence-electron chi connectivity index (χ3n) is 3.34. The van der Waals surface area contributed by atoms with Crippen molar-refractivity contribution in [1.82, 2.24) is 14.8 Å². The first-order valence-electron chi connectivity index (χ1n) is 6.75. The maximum atomic E-state index is 11.2. The fourth-order valence-corrected chi connectivity index (χ4v) is 2.22. The molecule has 3 aromatic rings. The van der Waals surface area contributed by atoms with Crippen molar-refractivity contribution < 1.29 is 4.79 Å². The third-order valence-corrected chi connectivity index (χ3v) is 3.34. The molecule has 21 heavy (non-hydrogen) atoms. The molecular weight excluding hydrogens is 262 g/mol. The van der Waals surface area contributed by atoms with Gasteiger partial charge in [-0.1, -0.05) is 29.8 Å². The van der Waals surface area contributed by atoms with E-state index < -0.39 is 0 Å². The number of aldehydes is 1. The Balaban J connectivity index is 1.92. The van der Waals surface area contributed by atoms with Gasteiger partial charge in [-0.2, -0.15) is 5.10 Å². The molecule has 0 unspecified atom stereocenters. The molecule has 1 aromatic carbocycles. The second-order valence-corrected chi connectivity index (χ2v) is 4.97. The smallest absolute Gasteiger partial charge is 0.153 e. The summed E-state index contributed by atoms with van der Waals surface area (Å²) in [5.74, 6) is 0. The largest absolute Gasteiger partial charge is 0.298 e. The number of nitrogens with zero attached hydrogens (tertiary/aromatic N) is 3. The number of aryl methyl sites for hydroxylation is 1. The van der Waals surface area contributed by atoms with E-state index in [0.717, 1.165) is 17.4 Å². The summed E-state index contributed by atoms with van der Waals surface area (Å²) in [6, 6.07) is 12.0. The van der Waals surface area contributed by atoms with Crippen LogP contribution in [0.3, 0.4) is 0 Å². The average Bonchev–Trinajstić information content (AvgIpc) is 2.93. The molecule has 3 rings (SSSR count). The number of carbonyl (C=O) groups excluding carboxylic acids is 1. The lowest BCUT2D eigenvalue weighted by molar-refractivity contribution is 0.112. The number of carbonyl (C=O) groups is 1. The molecule has 0 saturated carbocycles. The van der Waals surface area contributed by atoms with Crippen LogP contribution in [0.25, 0.3) is 11.3 Å². The number of aromatic nitrogens is 3. The van der Waals surface area contributed by atoms with Crippen molar-refractivity contribution in [3.63, 3.8) is 0 Å². The van der Waals surface area contributed by atoms with Gasteiger partial charge in [-0.05, 0) is 24.6 Å². The predicted molar refractivity (Wildman–Crippen MR) is 81.1 cm³/mol. The van der Waals surface area contributed by atoms with Crippen molar-refractivity contribution >= 4 is 6.29 Å². The Morgan fingerprint density at radius 2 is 1.81 bits per heavy atom. The van der Waals surface area contributed by atoms with Gasteiger partial charge in [0.15, 0.2) is 6.29 Å². The Morgan fingerprint density at radius 3 is 2.48 bits per heavy atom. The topological polar surface area (TPSA) is 47.8 Å². The molecule has 0 radical (unpaired) electrons. The Hall–Kier alpha value is -2.75. The van der Waals surface area contributed by atoms with Crippen molar-refractivity contribution in [2.75, 3.05) is 0 Å². The van der Waals surface area contributed by atoms with Gasteiger partial charge in [-0.3, -0.25) is 14.5 Å². The van der Waals surface area contributed by atoms with Gasteiger partial charge in [-0.25, -0.2) is 0 Å². The van der Waals surface area contributed by atoms with Crippen LogP contribution in [0.2, 0.25) is 0 Å². The zero-order valence-corrected chi connectivity index (χ0v) is 11.7. The Labute approximate surface area is 123 Å². The summed E-state index contributed by atoms with van der Waals surface area (Å²) < 4.78 is 1.80. The molecule has 0 aliphatic rings. The second kappa shape index (κ2) is 5.71. The third kappa shape index (κ3) is 2.89. The first-order chi connectivity index (χ1) is 10.3. The lowest BCUT2D eigenvalue weighted by Gasteiger charge is -2.02. The highest BCUT2D eigenvalue weighted by Gasteiger charge is 2.10. The zero-order chi connectivity index (χ0) is 14.7. The maximum absolute atomic E-state index is 11.2. The molecule has 104 valence electrons. The van der Waals surface area contributed by atoms with E-state index in [9.17, 15) is 4.79 Å². The first-order valence-corrected chi connectivity index (χ1v) is 6.75. The number of rotatable bonds is 4. The summed E-state index contributed by atoms with van der Waals surface area (Å²) in [4.78, 5) is 15.2. The number of hydrogen-bond acceptors (Lipinski definition) is 3. The Bertz CT molecular complexity index is 745. The standard InChI is InChI=1S/C17H15N3O/c1-13-2-4-14(5-3-13)10-20-11-16(12-21)17(19-20)15-6-8-18-9-7-15/h2-9,11-12H,10H2,1H3. The molecule has 2 heterocycles. The van der Waals surface area contributed by atoms with Crippen molar-refractivity contribution in [3.05, 3.63) is 71.7 Å². The van der Waals surface area contributed by atoms with Crippen molar-refractivity contribution in [2.24, 2.45) is 0 Å². The van der Waals surface area contributed by atoms with E-state index in [-0.39, 0.29) is 0 Å². The lowest BCUT2D eigenvalue weighted by Crippen LogP contribution is -2.00. The highest BCUT2D eigenvalue weighted by molar-refractivity contribution is 5.85. The maximum Gasteiger partial charge on any atom is 0.153 e. The van der Waals surface area contributed by atoms with E-state index in [1.54, 1.807) is 23.3 Å². The lowest BCUT2D eigenvalue weighted by atomic mass is 10.1. The van der Waals surface area contributed by atoms with E-state index in [1.165, 1.54) is 5.56 Å². The number of benzene rings is 1. The predicted octanol–water partition coefficient (Wildman–Crippen LogP) is 3.11. The van der Waals surface area contributed by atoms with Crippen LogP contribution in [0.1, 0.15) is 21.5 Å². The molecule has 0 spiro atoms. The van der Waals surface area contributed by atoms with E-state index in [4.69, 9.17) is 0 Å². The average molecular weight is 277 g/mol. The van der Waals surface area contributed by atoms with Crippen LogP contribution in [0.15, 0.2) is 55.0 Å². The summed E-state index contributed by atoms with van der Waals surface area (Å²) >= 11 is 0. The monoisotopic (exact) mass is 277 g/mol. The van der Waals surface area contributed by atoms with Gasteiger partial charge in [-0.15, -0.1) is 0 Å². The summed E-state index contributed by atoms with van der Waals surface area (Å²) in [6.45, 7) is 2.70. The van der Waals surface area contributed by atoms with Gasteiger partial charge in [0.1, 0.15) is 5.69 Å². The minimum absolute atomic E-state index is 0.591. The summed E-state index contributed by atoms with van der Waals surface area (Å²) in [6.07, 6.45) is 6.02. The first kappa shape index (κ1) is 13.2. The zero-order valence-electron chi connectivity index (χ0n) is 11.7. The van der Waals surface area contributed by atoms with E-state index >= 15 is 0 Å². The molecule has 2 aromatic heterocycles. The van der Waals surface area contributed by atoms with Gasteiger partial charge < -0.3 is 0 Å². The highest BCUT2D eigenvalue weighted by atomic mass is 16.1. The molecular formula is C17H15N3O. The molecule has 0 aliphatic carbocycles. The van der Waals surface area contributed by atoms with Crippen LogP contribution in [-0.2, 0) is 6.54 Å². The van der Waals surface area contributed by atoms with Crippen molar-refractivity contribution in [1.29, 1.82) is 0 Å². The van der Waals surface area contributed by atoms with Gasteiger partial charge in [0.05, 0.1) is 12.1 Å². The van der Waals surface area contributed by atoms with Crippen LogP contribution in [0, 0.1) is 6.92 Å². The van der Waals surface area contributed by atoms with Crippen LogP contribution in [0.4, 0.5) is 0 Å². The minimum Gasteiger partial charge on any atom is -0.298 e. The number of pyridine rings is 1. The van der Waals surface area contributed by atoms with Crippen LogP contribution >= 0.6 is 0 Å². The van der Waals surface area contributed by atoms with Crippen molar-refractivity contribution in [3.8, 4) is 11.3 Å². The molecule has 0 aliphatic heterocycles. The SMILES string of the molecule is Cc1ccc(Cn2cc(C=O)c(-c3ccncc3)n2)cc1. The fourth-order valence-electron chi connectivity index (χ4n) is 2.22. The van der Waals surface area contributed by atoms with Crippen LogP contribution in [0.5, 0.6) is 0 Å². The van der Waals surface area contributed by atoms with Gasteiger partial charge in [0.25, 0.3) is 0 Å². The normalized spacial score (nSPS) is 10.5. The molecule has 0 amide bonds. The quantitative estimate of drug-likeness (QED) is 0.688. The van der Waals surface area contributed by atoms with E-state index in [0.29, 0.717) is 17.8 Å². The molecule has 0 fully saturated rings.